The molecule has 0 spiro atoms. The lowest BCUT2D eigenvalue weighted by atomic mass is 10.1. The Morgan fingerprint density at radius 2 is 1.88 bits per heavy atom. The van der Waals surface area contributed by atoms with Gasteiger partial charge < -0.3 is 9.30 Å². The van der Waals surface area contributed by atoms with E-state index in [0.29, 0.717) is 5.56 Å². The maximum Gasteiger partial charge on any atom is 0.123 e. The molecule has 0 amide bonds. The van der Waals surface area contributed by atoms with Gasteiger partial charge in [-0.3, -0.25) is 9.97 Å². The normalized spacial score (nSPS) is 11.0. The fraction of sp³-hybridized carbons (Fsp3) is 0.150. The third-order valence-corrected chi connectivity index (χ3v) is 4.57. The Labute approximate surface area is 145 Å². The summed E-state index contributed by atoms with van der Waals surface area (Å²) >= 11 is 0. The van der Waals surface area contributed by atoms with Gasteiger partial charge in [0.05, 0.1) is 29.4 Å². The van der Waals surface area contributed by atoms with E-state index in [-0.39, 0.29) is 0 Å². The molecular formula is C20H16N4O. The SMILES string of the molecule is COc1ccc(C)c(-n2cc(C#N)c3ccc4nccnc4c32)c1C. The third-order valence-electron chi connectivity index (χ3n) is 4.57. The Balaban J connectivity index is 2.20. The maximum atomic E-state index is 9.58. The molecule has 0 radical (unpaired) electrons. The van der Waals surface area contributed by atoms with E-state index in [2.05, 4.69) is 23.0 Å². The lowest BCUT2D eigenvalue weighted by Gasteiger charge is -2.16. The highest BCUT2D eigenvalue weighted by molar-refractivity contribution is 6.05. The highest BCUT2D eigenvalue weighted by Crippen LogP contribution is 2.34. The standard InChI is InChI=1S/C20H16N4O/c1-12-4-7-17(25-3)13(2)19(12)24-11-14(10-21)15-5-6-16-18(20(15)24)23-9-8-22-16/h4-9,11H,1-3H3. The van der Waals surface area contributed by atoms with Crippen molar-refractivity contribution >= 4 is 21.9 Å². The Morgan fingerprint density at radius 3 is 2.64 bits per heavy atom. The van der Waals surface area contributed by atoms with Gasteiger partial charge in [-0.1, -0.05) is 6.07 Å². The van der Waals surface area contributed by atoms with Gasteiger partial charge in [-0.2, -0.15) is 5.26 Å². The van der Waals surface area contributed by atoms with Crippen molar-refractivity contribution in [2.24, 2.45) is 0 Å². The van der Waals surface area contributed by atoms with E-state index in [1.54, 1.807) is 19.5 Å². The number of ether oxygens (including phenoxy) is 1. The van der Waals surface area contributed by atoms with Crippen LogP contribution in [0.4, 0.5) is 0 Å². The van der Waals surface area contributed by atoms with Gasteiger partial charge in [-0.15, -0.1) is 0 Å². The first-order chi connectivity index (χ1) is 12.2. The zero-order chi connectivity index (χ0) is 17.6. The maximum absolute atomic E-state index is 9.58. The molecule has 0 saturated carbocycles. The molecule has 4 aromatic rings. The summed E-state index contributed by atoms with van der Waals surface area (Å²) in [6.07, 6.45) is 5.22. The predicted octanol–water partition coefficient (Wildman–Crippen LogP) is 4.07. The molecule has 25 heavy (non-hydrogen) atoms. The van der Waals surface area contributed by atoms with Gasteiger partial charge in [-0.05, 0) is 37.6 Å². The molecule has 0 N–H and O–H groups in total. The van der Waals surface area contributed by atoms with Crippen molar-refractivity contribution in [1.82, 2.24) is 14.5 Å². The summed E-state index contributed by atoms with van der Waals surface area (Å²) in [5.74, 6) is 0.812. The first kappa shape index (κ1) is 15.2. The molecule has 0 atom stereocenters. The number of aryl methyl sites for hydroxylation is 1. The molecule has 2 heterocycles. The molecule has 0 fully saturated rings. The lowest BCUT2D eigenvalue weighted by molar-refractivity contribution is 0.411. The minimum atomic E-state index is 0.615. The Bertz CT molecular complexity index is 1170. The van der Waals surface area contributed by atoms with Crippen molar-refractivity contribution in [3.05, 3.63) is 59.5 Å². The second kappa shape index (κ2) is 5.60. The summed E-state index contributed by atoms with van der Waals surface area (Å²) in [5.41, 5.74) is 6.21. The van der Waals surface area contributed by atoms with Crippen molar-refractivity contribution in [1.29, 1.82) is 5.26 Å². The second-order valence-electron chi connectivity index (χ2n) is 5.97. The Morgan fingerprint density at radius 1 is 1.08 bits per heavy atom. The Hall–Kier alpha value is -3.39. The molecule has 0 bridgehead atoms. The number of hydrogen-bond donors (Lipinski definition) is 0. The quantitative estimate of drug-likeness (QED) is 0.556. The van der Waals surface area contributed by atoms with Crippen molar-refractivity contribution in [3.8, 4) is 17.5 Å². The van der Waals surface area contributed by atoms with Crippen LogP contribution in [0.15, 0.2) is 42.9 Å². The number of hydrogen-bond acceptors (Lipinski definition) is 4. The summed E-state index contributed by atoms with van der Waals surface area (Å²) < 4.78 is 7.53. The minimum absolute atomic E-state index is 0.615. The number of methoxy groups -OCH3 is 1. The largest absolute Gasteiger partial charge is 0.496 e. The predicted molar refractivity (Wildman–Crippen MR) is 97.1 cm³/mol. The van der Waals surface area contributed by atoms with Crippen LogP contribution >= 0.6 is 0 Å². The fourth-order valence-corrected chi connectivity index (χ4v) is 3.42. The summed E-state index contributed by atoms with van der Waals surface area (Å²) in [6.45, 7) is 4.08. The number of nitrogens with zero attached hydrogens (tertiary/aromatic N) is 4. The third kappa shape index (κ3) is 2.15. The molecule has 0 aliphatic heterocycles. The number of benzene rings is 2. The van der Waals surface area contributed by atoms with Gasteiger partial charge in [-0.25, -0.2) is 0 Å². The summed E-state index contributed by atoms with van der Waals surface area (Å²) in [5, 5.41) is 10.5. The van der Waals surface area contributed by atoms with E-state index < -0.39 is 0 Å². The molecule has 0 unspecified atom stereocenters. The van der Waals surface area contributed by atoms with Crippen LogP contribution in [0.25, 0.3) is 27.6 Å². The van der Waals surface area contributed by atoms with Crippen LogP contribution in [0.1, 0.15) is 16.7 Å². The summed E-state index contributed by atoms with van der Waals surface area (Å²) in [6, 6.07) is 10.1. The van der Waals surface area contributed by atoms with E-state index >= 15 is 0 Å². The van der Waals surface area contributed by atoms with Crippen molar-refractivity contribution in [3.63, 3.8) is 0 Å². The van der Waals surface area contributed by atoms with Gasteiger partial charge in [0.2, 0.25) is 0 Å². The van der Waals surface area contributed by atoms with Crippen LogP contribution < -0.4 is 4.74 Å². The van der Waals surface area contributed by atoms with Gasteiger partial charge >= 0.3 is 0 Å². The number of nitriles is 1. The van der Waals surface area contributed by atoms with E-state index in [0.717, 1.165) is 44.5 Å². The zero-order valence-corrected chi connectivity index (χ0v) is 14.2. The molecule has 2 aromatic carbocycles. The van der Waals surface area contributed by atoms with Crippen molar-refractivity contribution < 1.29 is 4.74 Å². The zero-order valence-electron chi connectivity index (χ0n) is 14.2. The molecule has 122 valence electrons. The number of rotatable bonds is 2. The monoisotopic (exact) mass is 328 g/mol. The van der Waals surface area contributed by atoms with Crippen LogP contribution in [0.2, 0.25) is 0 Å². The molecule has 0 saturated heterocycles. The highest BCUT2D eigenvalue weighted by Gasteiger charge is 2.18. The molecule has 4 rings (SSSR count). The smallest absolute Gasteiger partial charge is 0.123 e. The Kier molecular flexibility index (Phi) is 3.40. The van der Waals surface area contributed by atoms with Gasteiger partial charge in [0.1, 0.15) is 17.3 Å². The lowest BCUT2D eigenvalue weighted by Crippen LogP contribution is -2.02. The second-order valence-corrected chi connectivity index (χ2v) is 5.97. The average molecular weight is 328 g/mol. The highest BCUT2D eigenvalue weighted by atomic mass is 16.5. The van der Waals surface area contributed by atoms with Crippen LogP contribution in [-0.4, -0.2) is 21.6 Å². The first-order valence-electron chi connectivity index (χ1n) is 7.95. The molecule has 2 aromatic heterocycles. The van der Waals surface area contributed by atoms with E-state index in [4.69, 9.17) is 4.74 Å². The van der Waals surface area contributed by atoms with Crippen molar-refractivity contribution in [2.75, 3.05) is 7.11 Å². The minimum Gasteiger partial charge on any atom is -0.496 e. The first-order valence-corrected chi connectivity index (χ1v) is 7.95. The topological polar surface area (TPSA) is 63.7 Å². The summed E-state index contributed by atoms with van der Waals surface area (Å²) in [7, 11) is 1.66. The van der Waals surface area contributed by atoms with Crippen LogP contribution in [0.3, 0.4) is 0 Å². The molecule has 0 aliphatic carbocycles. The van der Waals surface area contributed by atoms with E-state index in [9.17, 15) is 5.26 Å². The van der Waals surface area contributed by atoms with Gasteiger partial charge in [0.25, 0.3) is 0 Å². The fourth-order valence-electron chi connectivity index (χ4n) is 3.42. The molecule has 0 aliphatic rings. The summed E-state index contributed by atoms with van der Waals surface area (Å²) in [4.78, 5) is 8.92. The number of aromatic nitrogens is 3. The molecule has 5 heteroatoms. The van der Waals surface area contributed by atoms with Crippen LogP contribution in [-0.2, 0) is 0 Å². The van der Waals surface area contributed by atoms with Gasteiger partial charge in [0, 0.05) is 29.5 Å². The molecular weight excluding hydrogens is 312 g/mol. The van der Waals surface area contributed by atoms with Crippen LogP contribution in [0.5, 0.6) is 5.75 Å². The number of fused-ring (bicyclic) bond motifs is 3. The van der Waals surface area contributed by atoms with Crippen LogP contribution in [0, 0.1) is 25.2 Å². The van der Waals surface area contributed by atoms with E-state index in [1.807, 2.05) is 42.0 Å². The van der Waals surface area contributed by atoms with Gasteiger partial charge in [0.15, 0.2) is 0 Å². The molecule has 5 nitrogen and oxygen atoms in total. The van der Waals surface area contributed by atoms with E-state index in [1.165, 1.54) is 0 Å². The average Bonchev–Trinajstić information content (AvgIpc) is 3.01. The van der Waals surface area contributed by atoms with Crippen molar-refractivity contribution in [2.45, 2.75) is 13.8 Å².